The van der Waals surface area contributed by atoms with Gasteiger partial charge in [0.2, 0.25) is 0 Å². The molecule has 0 saturated heterocycles. The Labute approximate surface area is 132 Å². The monoisotopic (exact) mass is 351 g/mol. The van der Waals surface area contributed by atoms with E-state index >= 15 is 0 Å². The van der Waals surface area contributed by atoms with Crippen molar-refractivity contribution in [3.05, 3.63) is 50.1 Å². The van der Waals surface area contributed by atoms with Gasteiger partial charge in [-0.1, -0.05) is 12.1 Å². The van der Waals surface area contributed by atoms with Crippen LogP contribution in [0.3, 0.4) is 0 Å². The molecule has 0 fully saturated rings. The lowest BCUT2D eigenvalue weighted by Gasteiger charge is -2.16. The molecule has 1 aromatic heterocycles. The maximum atomic E-state index is 5.90. The van der Waals surface area contributed by atoms with Crippen molar-refractivity contribution in [2.45, 2.75) is 39.0 Å². The van der Waals surface area contributed by atoms with Gasteiger partial charge >= 0.3 is 0 Å². The molecule has 0 radical (unpaired) electrons. The van der Waals surface area contributed by atoms with Gasteiger partial charge in [-0.25, -0.2) is 0 Å². The van der Waals surface area contributed by atoms with Gasteiger partial charge in [-0.05, 0) is 53.0 Å². The van der Waals surface area contributed by atoms with Crippen molar-refractivity contribution >= 4 is 27.3 Å². The molecule has 20 heavy (non-hydrogen) atoms. The van der Waals surface area contributed by atoms with Crippen LogP contribution in [-0.4, -0.2) is 5.60 Å². The highest BCUT2D eigenvalue weighted by Crippen LogP contribution is 2.35. The maximum absolute atomic E-state index is 5.90. The summed E-state index contributed by atoms with van der Waals surface area (Å²) in [7, 11) is 0. The normalized spacial score (nSPS) is 15.9. The number of ether oxygens (including phenoxy) is 1. The van der Waals surface area contributed by atoms with Gasteiger partial charge in [0.1, 0.15) is 11.4 Å². The molecule has 1 aliphatic heterocycles. The van der Waals surface area contributed by atoms with Gasteiger partial charge in [0.05, 0.1) is 0 Å². The van der Waals surface area contributed by atoms with E-state index in [1.165, 1.54) is 16.0 Å². The zero-order chi connectivity index (χ0) is 14.2. The Hall–Kier alpha value is -0.840. The number of thiophene rings is 1. The summed E-state index contributed by atoms with van der Waals surface area (Å²) in [5.41, 5.74) is 2.59. The number of fused-ring (bicyclic) bond motifs is 1. The van der Waals surface area contributed by atoms with Crippen LogP contribution in [0.15, 0.2) is 34.1 Å². The fourth-order valence-electron chi connectivity index (χ4n) is 2.55. The van der Waals surface area contributed by atoms with Crippen LogP contribution >= 0.6 is 27.3 Å². The van der Waals surface area contributed by atoms with Crippen molar-refractivity contribution in [1.29, 1.82) is 0 Å². The lowest BCUT2D eigenvalue weighted by atomic mass is 10.0. The fourth-order valence-corrected chi connectivity index (χ4v) is 3.97. The van der Waals surface area contributed by atoms with Crippen LogP contribution in [0.4, 0.5) is 0 Å². The predicted molar refractivity (Wildman–Crippen MR) is 87.4 cm³/mol. The molecule has 0 bridgehead atoms. The van der Waals surface area contributed by atoms with Crippen molar-refractivity contribution in [2.75, 3.05) is 0 Å². The summed E-state index contributed by atoms with van der Waals surface area (Å²) in [6.07, 6.45) is 0.994. The largest absolute Gasteiger partial charge is 0.487 e. The summed E-state index contributed by atoms with van der Waals surface area (Å²) < 4.78 is 7.07. The van der Waals surface area contributed by atoms with E-state index < -0.39 is 0 Å². The molecule has 0 unspecified atom stereocenters. The topological polar surface area (TPSA) is 21.3 Å². The molecule has 0 atom stereocenters. The Balaban J connectivity index is 1.59. The number of benzene rings is 1. The summed E-state index contributed by atoms with van der Waals surface area (Å²) in [5.74, 6) is 1.04. The van der Waals surface area contributed by atoms with Crippen LogP contribution < -0.4 is 10.1 Å². The van der Waals surface area contributed by atoms with Crippen LogP contribution in [0.5, 0.6) is 5.75 Å². The second kappa shape index (κ2) is 5.51. The van der Waals surface area contributed by atoms with Gasteiger partial charge in [0.15, 0.2) is 0 Å². The van der Waals surface area contributed by atoms with Crippen molar-refractivity contribution in [1.82, 2.24) is 5.32 Å². The highest BCUT2D eigenvalue weighted by molar-refractivity contribution is 9.10. The molecule has 2 aromatic rings. The minimum absolute atomic E-state index is 0.0579. The van der Waals surface area contributed by atoms with Gasteiger partial charge in [0, 0.05) is 34.2 Å². The van der Waals surface area contributed by atoms with Crippen LogP contribution in [0.25, 0.3) is 0 Å². The summed E-state index contributed by atoms with van der Waals surface area (Å²) in [6.45, 7) is 6.08. The first-order valence-electron chi connectivity index (χ1n) is 6.76. The van der Waals surface area contributed by atoms with Crippen LogP contribution in [0.1, 0.15) is 29.9 Å². The molecule has 0 aliphatic carbocycles. The van der Waals surface area contributed by atoms with Gasteiger partial charge in [-0.2, -0.15) is 0 Å². The van der Waals surface area contributed by atoms with Gasteiger partial charge in [-0.15, -0.1) is 11.3 Å². The highest BCUT2D eigenvalue weighted by Gasteiger charge is 2.29. The van der Waals surface area contributed by atoms with E-state index in [1.54, 1.807) is 11.3 Å². The summed E-state index contributed by atoms with van der Waals surface area (Å²) >= 11 is 5.26. The van der Waals surface area contributed by atoms with E-state index in [0.717, 1.165) is 29.7 Å². The van der Waals surface area contributed by atoms with Gasteiger partial charge < -0.3 is 10.1 Å². The van der Waals surface area contributed by atoms with E-state index in [1.807, 2.05) is 0 Å². The standard InChI is InChI=1S/C16H18BrNOS/c1-16(2)7-12-5-11(3-4-15(12)19-16)8-18-9-14-6-13(17)10-20-14/h3-6,10,18H,7-9H2,1-2H3. The zero-order valence-electron chi connectivity index (χ0n) is 11.7. The number of hydrogen-bond acceptors (Lipinski definition) is 3. The lowest BCUT2D eigenvalue weighted by molar-refractivity contribution is 0.138. The smallest absolute Gasteiger partial charge is 0.123 e. The minimum Gasteiger partial charge on any atom is -0.487 e. The van der Waals surface area contributed by atoms with Crippen molar-refractivity contribution in [3.63, 3.8) is 0 Å². The van der Waals surface area contributed by atoms with Crippen molar-refractivity contribution in [2.24, 2.45) is 0 Å². The lowest BCUT2D eigenvalue weighted by Crippen LogP contribution is -2.24. The molecule has 2 nitrogen and oxygen atoms in total. The summed E-state index contributed by atoms with van der Waals surface area (Å²) in [5, 5.41) is 5.61. The minimum atomic E-state index is -0.0579. The Morgan fingerprint density at radius 2 is 2.15 bits per heavy atom. The second-order valence-corrected chi connectivity index (χ2v) is 7.73. The molecule has 1 aromatic carbocycles. The Morgan fingerprint density at radius 3 is 2.90 bits per heavy atom. The van der Waals surface area contributed by atoms with E-state index in [-0.39, 0.29) is 5.60 Å². The number of halogens is 1. The summed E-state index contributed by atoms with van der Waals surface area (Å²) in [4.78, 5) is 1.35. The number of rotatable bonds is 4. The third-order valence-electron chi connectivity index (χ3n) is 3.38. The van der Waals surface area contributed by atoms with Crippen LogP contribution in [0, 0.1) is 0 Å². The molecule has 106 valence electrons. The van der Waals surface area contributed by atoms with Gasteiger partial charge in [0.25, 0.3) is 0 Å². The fraction of sp³-hybridized carbons (Fsp3) is 0.375. The number of hydrogen-bond donors (Lipinski definition) is 1. The predicted octanol–water partition coefficient (Wildman–Crippen LogP) is 4.51. The molecule has 2 heterocycles. The van der Waals surface area contributed by atoms with Gasteiger partial charge in [-0.3, -0.25) is 0 Å². The first-order chi connectivity index (χ1) is 9.52. The van der Waals surface area contributed by atoms with Crippen LogP contribution in [0.2, 0.25) is 0 Å². The number of nitrogens with one attached hydrogen (secondary N) is 1. The van der Waals surface area contributed by atoms with Crippen molar-refractivity contribution in [3.8, 4) is 5.75 Å². The SMILES string of the molecule is CC1(C)Cc2cc(CNCc3cc(Br)cs3)ccc2O1. The molecule has 1 N–H and O–H groups in total. The molecule has 1 aliphatic rings. The quantitative estimate of drug-likeness (QED) is 0.874. The third kappa shape index (κ3) is 3.25. The average Bonchev–Trinajstić information content (AvgIpc) is 2.90. The van der Waals surface area contributed by atoms with E-state index in [0.29, 0.717) is 0 Å². The Morgan fingerprint density at radius 1 is 1.30 bits per heavy atom. The summed E-state index contributed by atoms with van der Waals surface area (Å²) in [6, 6.07) is 8.68. The second-order valence-electron chi connectivity index (χ2n) is 5.82. The molecule has 0 amide bonds. The first kappa shape index (κ1) is 14.1. The Kier molecular flexibility index (Phi) is 3.89. The van der Waals surface area contributed by atoms with Crippen LogP contribution in [-0.2, 0) is 19.5 Å². The van der Waals surface area contributed by atoms with E-state index in [4.69, 9.17) is 4.74 Å². The third-order valence-corrected chi connectivity index (χ3v) is 5.08. The van der Waals surface area contributed by atoms with Crippen molar-refractivity contribution < 1.29 is 4.74 Å². The van der Waals surface area contributed by atoms with E-state index in [2.05, 4.69) is 64.7 Å². The maximum Gasteiger partial charge on any atom is 0.123 e. The Bertz CT molecular complexity index is 621. The van der Waals surface area contributed by atoms with E-state index in [9.17, 15) is 0 Å². The molecular formula is C16H18BrNOS. The molecule has 4 heteroatoms. The average molecular weight is 352 g/mol. The molecule has 0 saturated carbocycles. The highest BCUT2D eigenvalue weighted by atomic mass is 79.9. The molecular weight excluding hydrogens is 334 g/mol. The molecule has 0 spiro atoms. The first-order valence-corrected chi connectivity index (χ1v) is 8.44. The zero-order valence-corrected chi connectivity index (χ0v) is 14.1. The molecule has 3 rings (SSSR count).